The van der Waals surface area contributed by atoms with Gasteiger partial charge in [-0.2, -0.15) is 0 Å². The molecule has 2 aliphatic rings. The summed E-state index contributed by atoms with van der Waals surface area (Å²) in [5.41, 5.74) is 8.61. The normalized spacial score (nSPS) is 21.1. The average molecular weight is 405 g/mol. The third-order valence-electron chi connectivity index (χ3n) is 5.67. The lowest BCUT2D eigenvalue weighted by Gasteiger charge is -2.35. The third-order valence-corrected chi connectivity index (χ3v) is 5.67. The zero-order valence-corrected chi connectivity index (χ0v) is 16.9. The zero-order chi connectivity index (χ0) is 21.3. The second-order valence-corrected chi connectivity index (χ2v) is 7.35. The summed E-state index contributed by atoms with van der Waals surface area (Å²) in [6, 6.07) is 17.1. The summed E-state index contributed by atoms with van der Waals surface area (Å²) in [4.78, 5) is 25.9. The molecule has 6 nitrogen and oxygen atoms in total. The van der Waals surface area contributed by atoms with Crippen LogP contribution in [0.2, 0.25) is 0 Å². The first-order valence-corrected chi connectivity index (χ1v) is 9.74. The van der Waals surface area contributed by atoms with E-state index < -0.39 is 11.9 Å². The van der Waals surface area contributed by atoms with Gasteiger partial charge < -0.3 is 19.9 Å². The number of ether oxygens (including phenoxy) is 3. The summed E-state index contributed by atoms with van der Waals surface area (Å²) in [6.45, 7) is 0. The number of nitrogens with two attached hydrogens (primary N) is 1. The van der Waals surface area contributed by atoms with Crippen LogP contribution in [0, 0.1) is 0 Å². The van der Waals surface area contributed by atoms with Crippen LogP contribution in [0.1, 0.15) is 35.8 Å². The molecule has 2 aromatic carbocycles. The Hall–Kier alpha value is -3.54. The minimum Gasteiger partial charge on any atom is -0.497 e. The van der Waals surface area contributed by atoms with Crippen molar-refractivity contribution in [2.24, 2.45) is 5.73 Å². The van der Waals surface area contributed by atoms with Gasteiger partial charge in [-0.25, -0.2) is 4.79 Å². The van der Waals surface area contributed by atoms with E-state index in [1.165, 1.54) is 7.11 Å². The van der Waals surface area contributed by atoms with Gasteiger partial charge in [0.25, 0.3) is 0 Å². The van der Waals surface area contributed by atoms with Crippen LogP contribution in [0.15, 0.2) is 77.4 Å². The molecule has 1 aliphatic heterocycles. The third kappa shape index (κ3) is 3.45. The van der Waals surface area contributed by atoms with Gasteiger partial charge in [-0.05, 0) is 29.2 Å². The maximum absolute atomic E-state index is 13.3. The van der Waals surface area contributed by atoms with Crippen LogP contribution in [-0.4, -0.2) is 26.0 Å². The van der Waals surface area contributed by atoms with Gasteiger partial charge in [-0.3, -0.25) is 4.79 Å². The molecule has 0 radical (unpaired) electrons. The predicted molar refractivity (Wildman–Crippen MR) is 110 cm³/mol. The molecule has 4 rings (SSSR count). The second-order valence-electron chi connectivity index (χ2n) is 7.35. The van der Waals surface area contributed by atoms with Gasteiger partial charge in [0.1, 0.15) is 17.1 Å². The van der Waals surface area contributed by atoms with Crippen LogP contribution in [0.4, 0.5) is 0 Å². The fourth-order valence-electron chi connectivity index (χ4n) is 4.21. The molecule has 30 heavy (non-hydrogen) atoms. The van der Waals surface area contributed by atoms with E-state index in [1.807, 2.05) is 42.5 Å². The van der Waals surface area contributed by atoms with Crippen LogP contribution in [0.3, 0.4) is 0 Å². The predicted octanol–water partition coefficient (Wildman–Crippen LogP) is 3.55. The first-order chi connectivity index (χ1) is 14.5. The molecular formula is C24H23NO5. The number of Topliss-reactive ketones (excluding diaryl/α,β-unsaturated/α-hetero) is 1. The topological polar surface area (TPSA) is 87.9 Å². The molecular weight excluding hydrogens is 382 g/mol. The molecule has 2 N–H and O–H groups in total. The average Bonchev–Trinajstić information content (AvgIpc) is 2.78. The molecule has 2 atom stereocenters. The SMILES string of the molecule is COC(=O)C1=C(N)OC2=C(C(=O)CC(c3ccccc3)C2)C1c1ccc(OC)cc1. The van der Waals surface area contributed by atoms with E-state index in [-0.39, 0.29) is 23.2 Å². The summed E-state index contributed by atoms with van der Waals surface area (Å²) in [5.74, 6) is -0.139. The lowest BCUT2D eigenvalue weighted by atomic mass is 9.73. The van der Waals surface area contributed by atoms with Crippen LogP contribution >= 0.6 is 0 Å². The van der Waals surface area contributed by atoms with Crippen molar-refractivity contribution in [3.8, 4) is 5.75 Å². The number of hydrogen-bond donors (Lipinski definition) is 1. The molecule has 2 aromatic rings. The number of rotatable bonds is 4. The molecule has 154 valence electrons. The molecule has 0 spiro atoms. The summed E-state index contributed by atoms with van der Waals surface area (Å²) in [7, 11) is 2.86. The molecule has 2 unspecified atom stereocenters. The number of allylic oxidation sites excluding steroid dienone is 2. The standard InChI is InChI=1S/C24H23NO5/c1-28-17-10-8-15(9-11-17)20-21-18(26)12-16(14-6-4-3-5-7-14)13-19(21)30-23(25)22(20)24(27)29-2/h3-11,16,20H,12-13,25H2,1-2H3. The first kappa shape index (κ1) is 19.8. The van der Waals surface area contributed by atoms with Crippen molar-refractivity contribution in [1.29, 1.82) is 0 Å². The first-order valence-electron chi connectivity index (χ1n) is 9.74. The number of benzene rings is 2. The molecule has 1 heterocycles. The molecule has 0 amide bonds. The fraction of sp³-hybridized carbons (Fsp3) is 0.250. The van der Waals surface area contributed by atoms with Gasteiger partial charge in [0, 0.05) is 18.4 Å². The van der Waals surface area contributed by atoms with Gasteiger partial charge >= 0.3 is 5.97 Å². The number of carbonyl (C=O) groups excluding carboxylic acids is 2. The summed E-state index contributed by atoms with van der Waals surface area (Å²) >= 11 is 0. The van der Waals surface area contributed by atoms with E-state index >= 15 is 0 Å². The van der Waals surface area contributed by atoms with Crippen molar-refractivity contribution < 1.29 is 23.8 Å². The molecule has 0 fully saturated rings. The molecule has 0 bridgehead atoms. The summed E-state index contributed by atoms with van der Waals surface area (Å²) < 4.78 is 16.0. The Kier molecular flexibility index (Phi) is 5.31. The van der Waals surface area contributed by atoms with Crippen molar-refractivity contribution in [3.05, 3.63) is 88.5 Å². The number of carbonyl (C=O) groups is 2. The van der Waals surface area contributed by atoms with E-state index in [0.717, 1.165) is 11.1 Å². The molecule has 0 saturated carbocycles. The fourth-order valence-corrected chi connectivity index (χ4v) is 4.21. The minimum absolute atomic E-state index is 0.00134. The van der Waals surface area contributed by atoms with Crippen LogP contribution in [0.25, 0.3) is 0 Å². The van der Waals surface area contributed by atoms with Crippen LogP contribution in [-0.2, 0) is 19.1 Å². The minimum atomic E-state index is -0.642. The Morgan fingerprint density at radius 1 is 1.00 bits per heavy atom. The highest BCUT2D eigenvalue weighted by Gasteiger charge is 2.43. The van der Waals surface area contributed by atoms with E-state index in [1.54, 1.807) is 19.2 Å². The van der Waals surface area contributed by atoms with E-state index in [0.29, 0.717) is 29.9 Å². The van der Waals surface area contributed by atoms with E-state index in [2.05, 4.69) is 0 Å². The van der Waals surface area contributed by atoms with Gasteiger partial charge in [-0.1, -0.05) is 42.5 Å². The Labute approximate surface area is 174 Å². The van der Waals surface area contributed by atoms with Crippen molar-refractivity contribution in [1.82, 2.24) is 0 Å². The Bertz CT molecular complexity index is 1040. The highest BCUT2D eigenvalue weighted by Crippen LogP contribution is 2.47. The molecule has 0 saturated heterocycles. The number of methoxy groups -OCH3 is 2. The van der Waals surface area contributed by atoms with Crippen molar-refractivity contribution in [3.63, 3.8) is 0 Å². The molecule has 6 heteroatoms. The van der Waals surface area contributed by atoms with Gasteiger partial charge in [-0.15, -0.1) is 0 Å². The highest BCUT2D eigenvalue weighted by atomic mass is 16.5. The highest BCUT2D eigenvalue weighted by molar-refractivity contribution is 6.03. The monoisotopic (exact) mass is 405 g/mol. The Balaban J connectivity index is 1.80. The lowest BCUT2D eigenvalue weighted by Crippen LogP contribution is -2.32. The van der Waals surface area contributed by atoms with Crippen LogP contribution < -0.4 is 10.5 Å². The largest absolute Gasteiger partial charge is 0.497 e. The molecule has 0 aromatic heterocycles. The number of hydrogen-bond acceptors (Lipinski definition) is 6. The van der Waals surface area contributed by atoms with E-state index in [9.17, 15) is 9.59 Å². The van der Waals surface area contributed by atoms with Crippen molar-refractivity contribution in [2.45, 2.75) is 24.7 Å². The lowest BCUT2D eigenvalue weighted by molar-refractivity contribution is -0.136. The quantitative estimate of drug-likeness (QED) is 0.783. The summed E-state index contributed by atoms with van der Waals surface area (Å²) in [5, 5.41) is 0. The van der Waals surface area contributed by atoms with Crippen molar-refractivity contribution in [2.75, 3.05) is 14.2 Å². The number of ketones is 1. The van der Waals surface area contributed by atoms with Crippen LogP contribution in [0.5, 0.6) is 5.75 Å². The Morgan fingerprint density at radius 3 is 2.33 bits per heavy atom. The maximum atomic E-state index is 13.3. The summed E-state index contributed by atoms with van der Waals surface area (Å²) in [6.07, 6.45) is 0.875. The Morgan fingerprint density at radius 2 is 1.70 bits per heavy atom. The van der Waals surface area contributed by atoms with Crippen molar-refractivity contribution >= 4 is 11.8 Å². The maximum Gasteiger partial charge on any atom is 0.340 e. The van der Waals surface area contributed by atoms with Gasteiger partial charge in [0.15, 0.2) is 5.78 Å². The van der Waals surface area contributed by atoms with E-state index in [4.69, 9.17) is 19.9 Å². The molecule has 1 aliphatic carbocycles. The smallest absolute Gasteiger partial charge is 0.340 e. The van der Waals surface area contributed by atoms with Gasteiger partial charge in [0.2, 0.25) is 5.88 Å². The van der Waals surface area contributed by atoms with Gasteiger partial charge in [0.05, 0.1) is 20.1 Å². The zero-order valence-electron chi connectivity index (χ0n) is 16.9. The number of esters is 1. The second kappa shape index (κ2) is 8.06.